The second-order valence-corrected chi connectivity index (χ2v) is 15.3. The summed E-state index contributed by atoms with van der Waals surface area (Å²) in [4.78, 5) is 2.50. The van der Waals surface area contributed by atoms with E-state index in [4.69, 9.17) is 0 Å². The van der Waals surface area contributed by atoms with E-state index in [1.165, 1.54) is 83.2 Å². The summed E-state index contributed by atoms with van der Waals surface area (Å²) >= 11 is 0. The summed E-state index contributed by atoms with van der Waals surface area (Å²) < 4.78 is 0. The van der Waals surface area contributed by atoms with Crippen LogP contribution in [-0.2, 0) is 5.41 Å². The van der Waals surface area contributed by atoms with E-state index >= 15 is 0 Å². The van der Waals surface area contributed by atoms with Gasteiger partial charge in [-0.1, -0.05) is 190 Å². The minimum atomic E-state index is -0.206. The zero-order chi connectivity index (χ0) is 37.6. The summed E-state index contributed by atoms with van der Waals surface area (Å²) in [7, 11) is 0. The fourth-order valence-electron chi connectivity index (χ4n) is 8.80. The molecule has 0 fully saturated rings. The normalized spacial score (nSPS) is 12.6. The number of hydrogen-bond donors (Lipinski definition) is 0. The van der Waals surface area contributed by atoms with E-state index in [1.54, 1.807) is 0 Å². The van der Waals surface area contributed by atoms with Gasteiger partial charge in [-0.3, -0.25) is 0 Å². The molecule has 0 aliphatic heterocycles. The molecular weight excluding hydrogens is 675 g/mol. The predicted molar refractivity (Wildman–Crippen MR) is 238 cm³/mol. The van der Waals surface area contributed by atoms with Gasteiger partial charge in [-0.25, -0.2) is 0 Å². The van der Waals surface area contributed by atoms with E-state index in [-0.39, 0.29) is 5.41 Å². The fraction of sp³-hybridized carbons (Fsp3) is 0.0545. The largest absolute Gasteiger partial charge is 0.309 e. The van der Waals surface area contributed by atoms with Gasteiger partial charge < -0.3 is 4.90 Å². The molecule has 0 aromatic heterocycles. The van der Waals surface area contributed by atoms with E-state index < -0.39 is 0 Å². The van der Waals surface area contributed by atoms with Crippen molar-refractivity contribution in [1.29, 1.82) is 0 Å². The third-order valence-corrected chi connectivity index (χ3v) is 11.7. The molecule has 9 aromatic rings. The van der Waals surface area contributed by atoms with Gasteiger partial charge in [-0.15, -0.1) is 0 Å². The van der Waals surface area contributed by atoms with Gasteiger partial charge in [0.2, 0.25) is 0 Å². The average molecular weight is 716 g/mol. The van der Waals surface area contributed by atoms with Gasteiger partial charge in [0.25, 0.3) is 0 Å². The first kappa shape index (κ1) is 33.6. The van der Waals surface area contributed by atoms with E-state index in [1.807, 2.05) is 0 Å². The first-order valence-electron chi connectivity index (χ1n) is 19.5. The van der Waals surface area contributed by atoms with Crippen LogP contribution in [0.25, 0.3) is 66.4 Å². The lowest BCUT2D eigenvalue weighted by atomic mass is 9.81. The van der Waals surface area contributed by atoms with Gasteiger partial charge in [-0.05, 0) is 103 Å². The Balaban J connectivity index is 1.19. The fourth-order valence-corrected chi connectivity index (χ4v) is 8.80. The van der Waals surface area contributed by atoms with Crippen molar-refractivity contribution in [3.05, 3.63) is 223 Å². The van der Waals surface area contributed by atoms with Gasteiger partial charge in [-0.2, -0.15) is 0 Å². The van der Waals surface area contributed by atoms with Gasteiger partial charge in [0.05, 0.1) is 5.69 Å². The molecule has 0 amide bonds. The second kappa shape index (κ2) is 13.7. The molecule has 0 heterocycles. The molecular formula is C55H41N. The molecule has 1 nitrogen and oxygen atoms in total. The summed E-state index contributed by atoms with van der Waals surface area (Å²) in [6.07, 6.45) is 0. The van der Waals surface area contributed by atoms with Crippen LogP contribution in [0.1, 0.15) is 25.0 Å². The van der Waals surface area contributed by atoms with Crippen molar-refractivity contribution in [3.63, 3.8) is 0 Å². The summed E-state index contributed by atoms with van der Waals surface area (Å²) in [6, 6.07) is 77.5. The maximum Gasteiger partial charge on any atom is 0.0621 e. The molecule has 0 unspecified atom stereocenters. The smallest absolute Gasteiger partial charge is 0.0621 e. The van der Waals surface area contributed by atoms with Crippen LogP contribution in [0.3, 0.4) is 0 Å². The molecule has 1 aliphatic carbocycles. The number of hydrogen-bond acceptors (Lipinski definition) is 1. The Labute approximate surface area is 329 Å². The van der Waals surface area contributed by atoms with Gasteiger partial charge >= 0.3 is 0 Å². The second-order valence-electron chi connectivity index (χ2n) is 15.3. The van der Waals surface area contributed by atoms with Crippen LogP contribution in [0.15, 0.2) is 212 Å². The van der Waals surface area contributed by atoms with E-state index in [0.717, 1.165) is 11.4 Å². The van der Waals surface area contributed by atoms with Crippen LogP contribution in [0, 0.1) is 0 Å². The lowest BCUT2D eigenvalue weighted by molar-refractivity contribution is 0.661. The molecule has 0 atom stereocenters. The highest BCUT2D eigenvalue weighted by Crippen LogP contribution is 2.57. The summed E-state index contributed by atoms with van der Waals surface area (Å²) in [5.41, 5.74) is 18.3. The van der Waals surface area contributed by atoms with Crippen LogP contribution < -0.4 is 4.90 Å². The molecule has 266 valence electrons. The highest BCUT2D eigenvalue weighted by Gasteiger charge is 2.39. The molecule has 0 radical (unpaired) electrons. The third kappa shape index (κ3) is 5.72. The summed E-state index contributed by atoms with van der Waals surface area (Å²) in [5.74, 6) is 0. The quantitative estimate of drug-likeness (QED) is 0.159. The molecule has 0 N–H and O–H groups in total. The Bertz CT molecular complexity index is 2840. The molecule has 0 saturated carbocycles. The standard InChI is InChI=1S/C55H41N/c1-55(2)51-36-43(39-18-8-4-9-19-39)30-35-50(51)53-52(55)37-44-22-12-13-25-49(44)54(53)56(45-31-26-40(27-32-45)38-16-6-3-7-17-38)46-33-28-42(29-34-46)48-24-15-14-23-47(48)41-20-10-5-11-21-41/h3-37H,1-2H3. The Morgan fingerprint density at radius 2 is 0.786 bits per heavy atom. The molecule has 0 bridgehead atoms. The maximum atomic E-state index is 2.50. The maximum absolute atomic E-state index is 2.50. The molecule has 0 spiro atoms. The van der Waals surface area contributed by atoms with Crippen molar-refractivity contribution >= 4 is 27.8 Å². The highest BCUT2D eigenvalue weighted by atomic mass is 15.1. The minimum Gasteiger partial charge on any atom is -0.309 e. The van der Waals surface area contributed by atoms with Crippen molar-refractivity contribution in [2.24, 2.45) is 0 Å². The number of fused-ring (bicyclic) bond motifs is 4. The van der Waals surface area contributed by atoms with Crippen molar-refractivity contribution in [2.75, 3.05) is 4.90 Å². The first-order valence-corrected chi connectivity index (χ1v) is 19.5. The first-order chi connectivity index (χ1) is 27.5. The lowest BCUT2D eigenvalue weighted by Gasteiger charge is -2.31. The Kier molecular flexibility index (Phi) is 8.23. The SMILES string of the molecule is CC1(C)c2cc(-c3ccccc3)ccc2-c2c1cc1ccccc1c2N(c1ccc(-c2ccccc2)cc1)c1ccc(-c2ccccc2-c2ccccc2)cc1. The Hall–Kier alpha value is -6.96. The van der Waals surface area contributed by atoms with Crippen molar-refractivity contribution in [1.82, 2.24) is 0 Å². The van der Waals surface area contributed by atoms with Gasteiger partial charge in [0.15, 0.2) is 0 Å². The molecule has 56 heavy (non-hydrogen) atoms. The van der Waals surface area contributed by atoms with Crippen LogP contribution in [0.2, 0.25) is 0 Å². The number of benzene rings is 9. The zero-order valence-electron chi connectivity index (χ0n) is 31.7. The van der Waals surface area contributed by atoms with Gasteiger partial charge in [0, 0.05) is 27.7 Å². The van der Waals surface area contributed by atoms with Crippen LogP contribution in [-0.4, -0.2) is 0 Å². The molecule has 10 rings (SSSR count). The minimum absolute atomic E-state index is 0.206. The van der Waals surface area contributed by atoms with Crippen molar-refractivity contribution < 1.29 is 0 Å². The van der Waals surface area contributed by atoms with Crippen molar-refractivity contribution in [3.8, 4) is 55.6 Å². The third-order valence-electron chi connectivity index (χ3n) is 11.7. The molecule has 9 aromatic carbocycles. The summed E-state index contributed by atoms with van der Waals surface area (Å²) in [5, 5.41) is 2.47. The van der Waals surface area contributed by atoms with Crippen molar-refractivity contribution in [2.45, 2.75) is 19.3 Å². The van der Waals surface area contributed by atoms with E-state index in [9.17, 15) is 0 Å². The number of nitrogens with zero attached hydrogens (tertiary/aromatic N) is 1. The molecule has 1 heteroatoms. The van der Waals surface area contributed by atoms with Crippen LogP contribution >= 0.6 is 0 Å². The van der Waals surface area contributed by atoms with Crippen LogP contribution in [0.5, 0.6) is 0 Å². The average Bonchev–Trinajstić information content (AvgIpc) is 3.49. The van der Waals surface area contributed by atoms with Gasteiger partial charge in [0.1, 0.15) is 0 Å². The lowest BCUT2D eigenvalue weighted by Crippen LogP contribution is -2.16. The summed E-state index contributed by atoms with van der Waals surface area (Å²) in [6.45, 7) is 4.78. The van der Waals surface area contributed by atoms with E-state index in [0.29, 0.717) is 0 Å². The molecule has 0 saturated heterocycles. The monoisotopic (exact) mass is 715 g/mol. The topological polar surface area (TPSA) is 3.24 Å². The zero-order valence-corrected chi connectivity index (χ0v) is 31.7. The molecule has 1 aliphatic rings. The van der Waals surface area contributed by atoms with Crippen LogP contribution in [0.4, 0.5) is 17.1 Å². The number of rotatable bonds is 7. The Morgan fingerprint density at radius 1 is 0.339 bits per heavy atom. The Morgan fingerprint density at radius 3 is 1.39 bits per heavy atom. The predicted octanol–water partition coefficient (Wildman–Crippen LogP) is 15.3. The van der Waals surface area contributed by atoms with E-state index in [2.05, 4.69) is 231 Å². The number of anilines is 3. The highest BCUT2D eigenvalue weighted by molar-refractivity contribution is 6.10.